The molecule has 0 amide bonds. The Balaban J connectivity index is 1.64. The van der Waals surface area contributed by atoms with Gasteiger partial charge in [0, 0.05) is 31.9 Å². The zero-order valence-electron chi connectivity index (χ0n) is 14.0. The minimum atomic E-state index is -3.23. The number of hydrogen-bond acceptors (Lipinski definition) is 5. The van der Waals surface area contributed by atoms with Crippen molar-refractivity contribution < 1.29 is 8.42 Å². The Morgan fingerprint density at radius 3 is 2.50 bits per heavy atom. The van der Waals surface area contributed by atoms with E-state index in [9.17, 15) is 8.42 Å². The third kappa shape index (κ3) is 3.73. The van der Waals surface area contributed by atoms with Gasteiger partial charge in [0.2, 0.25) is 10.0 Å². The highest BCUT2D eigenvalue weighted by molar-refractivity contribution is 7.88. The van der Waals surface area contributed by atoms with Gasteiger partial charge < -0.3 is 5.32 Å². The molecule has 0 atom stereocenters. The highest BCUT2D eigenvalue weighted by atomic mass is 32.2. The first-order chi connectivity index (χ1) is 11.5. The molecule has 0 saturated heterocycles. The summed E-state index contributed by atoms with van der Waals surface area (Å²) in [4.78, 5) is 8.67. The number of nitrogens with zero attached hydrogens (tertiary/aromatic N) is 3. The van der Waals surface area contributed by atoms with Gasteiger partial charge in [-0.1, -0.05) is 24.3 Å². The van der Waals surface area contributed by atoms with Gasteiger partial charge in [0.15, 0.2) is 0 Å². The molecule has 0 saturated carbocycles. The highest BCUT2D eigenvalue weighted by Crippen LogP contribution is 2.25. The minimum Gasteiger partial charge on any atom is -0.366 e. The van der Waals surface area contributed by atoms with Crippen LogP contribution in [0, 0.1) is 0 Å². The topological polar surface area (TPSA) is 75.2 Å². The molecule has 0 spiro atoms. The number of sulfonamides is 1. The highest BCUT2D eigenvalue weighted by Gasteiger charge is 2.17. The molecule has 3 rings (SSSR count). The molecule has 24 heavy (non-hydrogen) atoms. The molecule has 128 valence electrons. The average molecular weight is 346 g/mol. The van der Waals surface area contributed by atoms with Gasteiger partial charge in [0.25, 0.3) is 0 Å². The van der Waals surface area contributed by atoms with Crippen molar-refractivity contribution in [3.63, 3.8) is 0 Å². The van der Waals surface area contributed by atoms with Crippen LogP contribution in [0.25, 0.3) is 0 Å². The van der Waals surface area contributed by atoms with Crippen LogP contribution in [-0.2, 0) is 35.2 Å². The van der Waals surface area contributed by atoms with E-state index in [1.165, 1.54) is 9.87 Å². The second-order valence-corrected chi connectivity index (χ2v) is 8.39. The van der Waals surface area contributed by atoms with Gasteiger partial charge in [0.1, 0.15) is 12.1 Å². The molecule has 0 bridgehead atoms. The molecule has 1 N–H and O–H groups in total. The van der Waals surface area contributed by atoms with Crippen molar-refractivity contribution in [1.29, 1.82) is 0 Å². The first-order valence-electron chi connectivity index (χ1n) is 8.00. The van der Waals surface area contributed by atoms with E-state index in [0.29, 0.717) is 6.54 Å². The van der Waals surface area contributed by atoms with Crippen molar-refractivity contribution in [2.24, 2.45) is 0 Å². The van der Waals surface area contributed by atoms with Crippen LogP contribution in [0.5, 0.6) is 0 Å². The fourth-order valence-corrected chi connectivity index (χ4v) is 3.66. The first-order valence-corrected chi connectivity index (χ1v) is 9.61. The lowest BCUT2D eigenvalue weighted by molar-refractivity contribution is 0.519. The van der Waals surface area contributed by atoms with Crippen LogP contribution in [0.1, 0.15) is 28.8 Å². The van der Waals surface area contributed by atoms with Crippen molar-refractivity contribution >= 4 is 15.8 Å². The summed E-state index contributed by atoms with van der Waals surface area (Å²) < 4.78 is 25.1. The zero-order valence-corrected chi connectivity index (χ0v) is 14.8. The maximum atomic E-state index is 11.9. The molecule has 1 aromatic heterocycles. The summed E-state index contributed by atoms with van der Waals surface area (Å²) in [5.41, 5.74) is 4.25. The number of benzene rings is 1. The van der Waals surface area contributed by atoms with Crippen LogP contribution >= 0.6 is 0 Å². The van der Waals surface area contributed by atoms with Crippen LogP contribution in [0.4, 0.5) is 5.82 Å². The Kier molecular flexibility index (Phi) is 4.82. The third-order valence-corrected chi connectivity index (χ3v) is 6.07. The fourth-order valence-electron chi connectivity index (χ4n) is 2.79. The summed E-state index contributed by atoms with van der Waals surface area (Å²) in [6, 6.07) is 7.63. The second-order valence-electron chi connectivity index (χ2n) is 6.21. The number of aromatic nitrogens is 2. The lowest BCUT2D eigenvalue weighted by Crippen LogP contribution is -2.23. The minimum absolute atomic E-state index is 0.0210. The molecule has 7 heteroatoms. The van der Waals surface area contributed by atoms with E-state index in [2.05, 4.69) is 15.3 Å². The van der Waals surface area contributed by atoms with Crippen molar-refractivity contribution in [1.82, 2.24) is 14.3 Å². The van der Waals surface area contributed by atoms with E-state index >= 15 is 0 Å². The maximum Gasteiger partial charge on any atom is 0.217 e. The number of hydrogen-bond donors (Lipinski definition) is 1. The van der Waals surface area contributed by atoms with Crippen LogP contribution in [-0.4, -0.2) is 36.8 Å². The predicted molar refractivity (Wildman–Crippen MR) is 94.1 cm³/mol. The normalized spacial score (nSPS) is 14.0. The smallest absolute Gasteiger partial charge is 0.217 e. The second kappa shape index (κ2) is 6.86. The van der Waals surface area contributed by atoms with E-state index in [1.807, 2.05) is 24.3 Å². The largest absolute Gasteiger partial charge is 0.366 e. The van der Waals surface area contributed by atoms with Gasteiger partial charge in [-0.2, -0.15) is 0 Å². The van der Waals surface area contributed by atoms with Gasteiger partial charge in [-0.3, -0.25) is 0 Å². The molecule has 1 aliphatic rings. The van der Waals surface area contributed by atoms with E-state index in [1.54, 1.807) is 20.4 Å². The Hall–Kier alpha value is -1.99. The number of rotatable bonds is 6. The Morgan fingerprint density at radius 2 is 1.79 bits per heavy atom. The molecule has 1 heterocycles. The molecule has 1 aromatic carbocycles. The van der Waals surface area contributed by atoms with Crippen LogP contribution in [0.2, 0.25) is 0 Å². The summed E-state index contributed by atoms with van der Waals surface area (Å²) in [5, 5.41) is 3.37. The van der Waals surface area contributed by atoms with E-state index in [4.69, 9.17) is 0 Å². The van der Waals surface area contributed by atoms with Crippen LogP contribution < -0.4 is 5.32 Å². The molecule has 0 radical (unpaired) electrons. The molecule has 2 aromatic rings. The Morgan fingerprint density at radius 1 is 1.08 bits per heavy atom. The molecule has 6 nitrogen and oxygen atoms in total. The average Bonchev–Trinajstić information content (AvgIpc) is 3.03. The summed E-state index contributed by atoms with van der Waals surface area (Å²) in [6.07, 6.45) is 4.81. The van der Waals surface area contributed by atoms with Gasteiger partial charge in [0.05, 0.1) is 5.75 Å². The van der Waals surface area contributed by atoms with E-state index < -0.39 is 10.0 Å². The number of fused-ring (bicyclic) bond motifs is 1. The van der Waals surface area contributed by atoms with Crippen molar-refractivity contribution in [2.45, 2.75) is 31.6 Å². The predicted octanol–water partition coefficient (Wildman–Crippen LogP) is 1.97. The summed E-state index contributed by atoms with van der Waals surface area (Å²) in [7, 11) is -0.127. The first kappa shape index (κ1) is 16.9. The van der Waals surface area contributed by atoms with Gasteiger partial charge in [-0.15, -0.1) is 0 Å². The Bertz CT molecular complexity index is 817. The summed E-state index contributed by atoms with van der Waals surface area (Å²) in [5.74, 6) is 0.935. The molecular weight excluding hydrogens is 324 g/mol. The summed E-state index contributed by atoms with van der Waals surface area (Å²) in [6.45, 7) is 0.657. The van der Waals surface area contributed by atoms with Crippen LogP contribution in [0.3, 0.4) is 0 Å². The standard InChI is InChI=1S/C17H22N4O2S/c1-21(2)24(22,23)11-14-8-6-13(7-9-14)10-18-17-15-4-3-5-16(15)19-12-20-17/h6-9,12H,3-5,10-11H2,1-2H3,(H,18,19,20). The quantitative estimate of drug-likeness (QED) is 0.865. The van der Waals surface area contributed by atoms with E-state index in [0.717, 1.165) is 41.9 Å². The van der Waals surface area contributed by atoms with Gasteiger partial charge >= 0.3 is 0 Å². The van der Waals surface area contributed by atoms with Gasteiger partial charge in [-0.05, 0) is 30.4 Å². The number of anilines is 1. The SMILES string of the molecule is CN(C)S(=O)(=O)Cc1ccc(CNc2ncnc3c2CCC3)cc1. The number of aryl methyl sites for hydroxylation is 1. The van der Waals surface area contributed by atoms with Crippen LogP contribution in [0.15, 0.2) is 30.6 Å². The van der Waals surface area contributed by atoms with Crippen molar-refractivity contribution in [3.05, 3.63) is 53.0 Å². The van der Waals surface area contributed by atoms with Crippen molar-refractivity contribution in [3.8, 4) is 0 Å². The third-order valence-electron chi connectivity index (χ3n) is 4.26. The fraction of sp³-hybridized carbons (Fsp3) is 0.412. The van der Waals surface area contributed by atoms with Crippen molar-refractivity contribution in [2.75, 3.05) is 19.4 Å². The lowest BCUT2D eigenvalue weighted by Gasteiger charge is -2.12. The molecule has 0 unspecified atom stereocenters. The molecule has 0 fully saturated rings. The maximum absolute atomic E-state index is 11.9. The number of nitrogens with one attached hydrogen (secondary N) is 1. The van der Waals surface area contributed by atoms with E-state index in [-0.39, 0.29) is 5.75 Å². The van der Waals surface area contributed by atoms with Gasteiger partial charge in [-0.25, -0.2) is 22.7 Å². The summed E-state index contributed by atoms with van der Waals surface area (Å²) >= 11 is 0. The monoisotopic (exact) mass is 346 g/mol. The zero-order chi connectivity index (χ0) is 17.2. The Labute approximate surface area is 143 Å². The molecular formula is C17H22N4O2S. The lowest BCUT2D eigenvalue weighted by atomic mass is 10.1. The molecule has 1 aliphatic carbocycles. The molecule has 0 aliphatic heterocycles.